The van der Waals surface area contributed by atoms with Crippen LogP contribution >= 0.6 is 0 Å². The molecule has 0 fully saturated rings. The molecule has 0 saturated heterocycles. The van der Waals surface area contributed by atoms with Gasteiger partial charge < -0.3 is 14.8 Å². The SMILES string of the molecule is CC=CCOc1c(F)cc(CNCCOC)cc1F. The average molecular weight is 271 g/mol. The van der Waals surface area contributed by atoms with Crippen LogP contribution in [0.4, 0.5) is 8.78 Å². The van der Waals surface area contributed by atoms with Crippen molar-refractivity contribution in [2.24, 2.45) is 0 Å². The van der Waals surface area contributed by atoms with E-state index in [0.29, 0.717) is 25.3 Å². The number of halogens is 2. The lowest BCUT2D eigenvalue weighted by molar-refractivity contribution is 0.199. The van der Waals surface area contributed by atoms with Crippen molar-refractivity contribution in [1.29, 1.82) is 0 Å². The van der Waals surface area contributed by atoms with Crippen LogP contribution in [0.15, 0.2) is 24.3 Å². The van der Waals surface area contributed by atoms with Crippen LogP contribution in [0.2, 0.25) is 0 Å². The number of benzene rings is 1. The molecule has 0 aromatic heterocycles. The van der Waals surface area contributed by atoms with Crippen LogP contribution < -0.4 is 10.1 Å². The minimum Gasteiger partial charge on any atom is -0.483 e. The van der Waals surface area contributed by atoms with Gasteiger partial charge in [0.25, 0.3) is 0 Å². The first-order valence-corrected chi connectivity index (χ1v) is 6.10. The van der Waals surface area contributed by atoms with Crippen LogP contribution in [-0.2, 0) is 11.3 Å². The predicted molar refractivity (Wildman–Crippen MR) is 70.2 cm³/mol. The van der Waals surface area contributed by atoms with Crippen LogP contribution in [-0.4, -0.2) is 26.9 Å². The standard InChI is InChI=1S/C14H19F2NO2/c1-3-4-6-19-14-12(15)8-11(9-13(14)16)10-17-5-7-18-2/h3-4,8-9,17H,5-7,10H2,1-2H3. The molecule has 0 amide bonds. The quantitative estimate of drug-likeness (QED) is 0.582. The number of ether oxygens (including phenoxy) is 2. The van der Waals surface area contributed by atoms with Gasteiger partial charge in [0.15, 0.2) is 17.4 Å². The molecule has 5 heteroatoms. The number of nitrogens with one attached hydrogen (secondary N) is 1. The summed E-state index contributed by atoms with van der Waals surface area (Å²) in [6.07, 6.45) is 3.43. The zero-order valence-electron chi connectivity index (χ0n) is 11.2. The lowest BCUT2D eigenvalue weighted by atomic mass is 10.2. The molecule has 0 saturated carbocycles. The van der Waals surface area contributed by atoms with Crippen LogP contribution in [0.1, 0.15) is 12.5 Å². The van der Waals surface area contributed by atoms with Gasteiger partial charge in [0, 0.05) is 20.2 Å². The van der Waals surface area contributed by atoms with Crippen molar-refractivity contribution in [1.82, 2.24) is 5.32 Å². The highest BCUT2D eigenvalue weighted by Gasteiger charge is 2.12. The average Bonchev–Trinajstić information content (AvgIpc) is 2.38. The first-order valence-electron chi connectivity index (χ1n) is 6.10. The van der Waals surface area contributed by atoms with E-state index in [4.69, 9.17) is 9.47 Å². The molecule has 0 aliphatic heterocycles. The van der Waals surface area contributed by atoms with E-state index < -0.39 is 11.6 Å². The molecule has 0 unspecified atom stereocenters. The van der Waals surface area contributed by atoms with E-state index in [9.17, 15) is 8.78 Å². The highest BCUT2D eigenvalue weighted by molar-refractivity contribution is 5.31. The van der Waals surface area contributed by atoms with Gasteiger partial charge in [0.2, 0.25) is 0 Å². The van der Waals surface area contributed by atoms with E-state index in [1.807, 2.05) is 6.92 Å². The number of hydrogen-bond donors (Lipinski definition) is 1. The monoisotopic (exact) mass is 271 g/mol. The molecule has 0 radical (unpaired) electrons. The highest BCUT2D eigenvalue weighted by atomic mass is 19.1. The second-order valence-corrected chi connectivity index (χ2v) is 3.94. The van der Waals surface area contributed by atoms with Gasteiger partial charge in [-0.25, -0.2) is 8.78 Å². The van der Waals surface area contributed by atoms with Gasteiger partial charge in [-0.2, -0.15) is 0 Å². The maximum absolute atomic E-state index is 13.7. The molecule has 3 nitrogen and oxygen atoms in total. The summed E-state index contributed by atoms with van der Waals surface area (Å²) >= 11 is 0. The van der Waals surface area contributed by atoms with Gasteiger partial charge in [-0.15, -0.1) is 0 Å². The summed E-state index contributed by atoms with van der Waals surface area (Å²) in [5.41, 5.74) is 0.532. The van der Waals surface area contributed by atoms with Crippen LogP contribution in [0.3, 0.4) is 0 Å². The number of methoxy groups -OCH3 is 1. The van der Waals surface area contributed by atoms with Crippen molar-refractivity contribution in [3.63, 3.8) is 0 Å². The maximum Gasteiger partial charge on any atom is 0.191 e. The molecule has 0 heterocycles. The largest absolute Gasteiger partial charge is 0.483 e. The summed E-state index contributed by atoms with van der Waals surface area (Å²) in [6, 6.07) is 2.54. The van der Waals surface area contributed by atoms with Gasteiger partial charge in [-0.3, -0.25) is 0 Å². The van der Waals surface area contributed by atoms with Crippen molar-refractivity contribution in [3.8, 4) is 5.75 Å². The van der Waals surface area contributed by atoms with Crippen molar-refractivity contribution in [2.45, 2.75) is 13.5 Å². The summed E-state index contributed by atoms with van der Waals surface area (Å²) in [5, 5.41) is 3.02. The molecule has 0 bridgehead atoms. The molecule has 106 valence electrons. The molecule has 1 N–H and O–H groups in total. The molecule has 0 spiro atoms. The summed E-state index contributed by atoms with van der Waals surface area (Å²) in [4.78, 5) is 0. The van der Waals surface area contributed by atoms with Gasteiger partial charge in [0.05, 0.1) is 6.61 Å². The summed E-state index contributed by atoms with van der Waals surface area (Å²) < 4.78 is 37.2. The third-order valence-corrected chi connectivity index (χ3v) is 2.43. The summed E-state index contributed by atoms with van der Waals surface area (Å²) in [6.45, 7) is 3.52. The predicted octanol–water partition coefficient (Wildman–Crippen LogP) is 2.66. The van der Waals surface area contributed by atoms with E-state index in [0.717, 1.165) is 0 Å². The number of rotatable bonds is 8. The van der Waals surface area contributed by atoms with Crippen LogP contribution in [0, 0.1) is 11.6 Å². The molecular formula is C14H19F2NO2. The van der Waals surface area contributed by atoms with Crippen LogP contribution in [0.25, 0.3) is 0 Å². The van der Waals surface area contributed by atoms with E-state index in [1.54, 1.807) is 19.3 Å². The smallest absolute Gasteiger partial charge is 0.191 e. The zero-order chi connectivity index (χ0) is 14.1. The van der Waals surface area contributed by atoms with E-state index in [2.05, 4.69) is 5.32 Å². The Kier molecular flexibility index (Phi) is 7.07. The third kappa shape index (κ3) is 5.36. The highest BCUT2D eigenvalue weighted by Crippen LogP contribution is 2.23. The van der Waals surface area contributed by atoms with Crippen molar-refractivity contribution >= 4 is 0 Å². The molecular weight excluding hydrogens is 252 g/mol. The Labute approximate surface area is 112 Å². The van der Waals surface area contributed by atoms with Crippen LogP contribution in [0.5, 0.6) is 5.75 Å². The van der Waals surface area contributed by atoms with E-state index in [1.165, 1.54) is 12.1 Å². The Morgan fingerprint density at radius 3 is 2.53 bits per heavy atom. The molecule has 0 atom stereocenters. The molecule has 0 aliphatic carbocycles. The molecule has 1 aromatic rings. The molecule has 0 aliphatic rings. The Morgan fingerprint density at radius 1 is 1.26 bits per heavy atom. The van der Waals surface area contributed by atoms with Gasteiger partial charge >= 0.3 is 0 Å². The second-order valence-electron chi connectivity index (χ2n) is 3.94. The van der Waals surface area contributed by atoms with Crippen molar-refractivity contribution < 1.29 is 18.3 Å². The van der Waals surface area contributed by atoms with Crippen molar-refractivity contribution in [2.75, 3.05) is 26.9 Å². The Bertz CT molecular complexity index is 399. The molecule has 1 aromatic carbocycles. The Morgan fingerprint density at radius 2 is 1.95 bits per heavy atom. The maximum atomic E-state index is 13.7. The molecule has 1 rings (SSSR count). The minimum absolute atomic E-state index is 0.149. The van der Waals surface area contributed by atoms with Crippen molar-refractivity contribution in [3.05, 3.63) is 41.5 Å². The number of allylic oxidation sites excluding steroid dienone is 1. The molecule has 19 heavy (non-hydrogen) atoms. The van der Waals surface area contributed by atoms with Gasteiger partial charge in [-0.1, -0.05) is 12.2 Å². The topological polar surface area (TPSA) is 30.5 Å². The lowest BCUT2D eigenvalue weighted by Gasteiger charge is -2.09. The zero-order valence-corrected chi connectivity index (χ0v) is 11.2. The Balaban J connectivity index is 2.62. The Hall–Kier alpha value is -1.46. The number of hydrogen-bond acceptors (Lipinski definition) is 3. The first kappa shape index (κ1) is 15.6. The fourth-order valence-corrected chi connectivity index (χ4v) is 1.49. The van der Waals surface area contributed by atoms with Gasteiger partial charge in [-0.05, 0) is 24.6 Å². The fourth-order valence-electron chi connectivity index (χ4n) is 1.49. The third-order valence-electron chi connectivity index (χ3n) is 2.43. The normalized spacial score (nSPS) is 11.2. The second kappa shape index (κ2) is 8.61. The fraction of sp³-hybridized carbons (Fsp3) is 0.429. The lowest BCUT2D eigenvalue weighted by Crippen LogP contribution is -2.18. The van der Waals surface area contributed by atoms with Gasteiger partial charge in [0.1, 0.15) is 6.61 Å². The minimum atomic E-state index is -0.687. The summed E-state index contributed by atoms with van der Waals surface area (Å²) in [5.74, 6) is -1.71. The van der Waals surface area contributed by atoms with E-state index in [-0.39, 0.29) is 12.4 Å². The first-order chi connectivity index (χ1) is 9.19. The van der Waals surface area contributed by atoms with E-state index >= 15 is 0 Å². The summed E-state index contributed by atoms with van der Waals surface area (Å²) in [7, 11) is 1.60.